The van der Waals surface area contributed by atoms with Crippen LogP contribution in [-0.2, 0) is 6.54 Å². The fourth-order valence-electron chi connectivity index (χ4n) is 3.81. The number of aryl methyl sites for hydroxylation is 1. The number of thiophene rings is 1. The predicted octanol–water partition coefficient (Wildman–Crippen LogP) is 7.55. The third-order valence-electron chi connectivity index (χ3n) is 5.51. The van der Waals surface area contributed by atoms with Crippen LogP contribution in [0.3, 0.4) is 0 Å². The average molecular weight is 469 g/mol. The van der Waals surface area contributed by atoms with Crippen molar-refractivity contribution in [3.05, 3.63) is 90.5 Å². The van der Waals surface area contributed by atoms with E-state index in [4.69, 9.17) is 4.74 Å². The molecule has 0 aliphatic heterocycles. The molecule has 0 aliphatic rings. The molecule has 0 saturated heterocycles. The maximum absolute atomic E-state index is 9.94. The molecule has 0 bridgehead atoms. The van der Waals surface area contributed by atoms with Gasteiger partial charge in [-0.05, 0) is 78.2 Å². The highest BCUT2D eigenvalue weighted by Gasteiger charge is 2.17. The van der Waals surface area contributed by atoms with Gasteiger partial charge in [0.25, 0.3) is 0 Å². The second-order valence-corrected chi connectivity index (χ2v) is 9.06. The van der Waals surface area contributed by atoms with E-state index in [-0.39, 0.29) is 11.5 Å². The molecule has 5 aromatic rings. The fourth-order valence-corrected chi connectivity index (χ4v) is 4.98. The lowest BCUT2D eigenvalue weighted by molar-refractivity contribution is 0.475. The lowest BCUT2D eigenvalue weighted by Crippen LogP contribution is -1.96. The summed E-state index contributed by atoms with van der Waals surface area (Å²) >= 11 is 1.55. The fraction of sp³-hybridized carbons (Fsp3) is 0.107. The number of imidazole rings is 1. The largest absolute Gasteiger partial charge is 0.508 e. The zero-order valence-electron chi connectivity index (χ0n) is 18.7. The Bertz CT molecular complexity index is 1450. The summed E-state index contributed by atoms with van der Waals surface area (Å²) < 4.78 is 9.44. The molecule has 0 atom stereocenters. The van der Waals surface area contributed by atoms with Crippen LogP contribution in [0.25, 0.3) is 32.7 Å². The van der Waals surface area contributed by atoms with Crippen molar-refractivity contribution in [2.45, 2.75) is 19.9 Å². The molecule has 0 saturated carbocycles. The van der Waals surface area contributed by atoms with Crippen molar-refractivity contribution in [1.82, 2.24) is 9.55 Å². The maximum atomic E-state index is 9.94. The highest BCUT2D eigenvalue weighted by atomic mass is 32.1. The summed E-state index contributed by atoms with van der Waals surface area (Å²) in [6, 6.07) is 20.3. The maximum Gasteiger partial charge on any atom is 0.153 e. The van der Waals surface area contributed by atoms with Crippen LogP contribution >= 0.6 is 11.3 Å². The molecule has 0 fully saturated rings. The summed E-state index contributed by atoms with van der Waals surface area (Å²) in [5.74, 6) is 1.89. The molecule has 2 aromatic heterocycles. The number of hydrogen-bond acceptors (Lipinski definition) is 5. The number of ether oxygens (including phenoxy) is 1. The molecular formula is C28H24N2O3S. The normalized spacial score (nSPS) is 11.4. The van der Waals surface area contributed by atoms with E-state index in [1.54, 1.807) is 35.6 Å². The lowest BCUT2D eigenvalue weighted by Gasteiger charge is -2.09. The SMILES string of the molecule is CCCn1cncc1C=Cc1ccc(Oc2c(-c3ccc(O)cc3)sc3cc(O)ccc23)cc1. The molecule has 34 heavy (non-hydrogen) atoms. The molecule has 3 aromatic carbocycles. The summed E-state index contributed by atoms with van der Waals surface area (Å²) in [5.41, 5.74) is 3.08. The minimum absolute atomic E-state index is 0.214. The molecular weight excluding hydrogens is 444 g/mol. The number of phenolic OH excluding ortho intramolecular Hbond substituents is 2. The minimum atomic E-state index is 0.214. The Balaban J connectivity index is 1.44. The van der Waals surface area contributed by atoms with Gasteiger partial charge in [0.15, 0.2) is 5.75 Å². The quantitative estimate of drug-likeness (QED) is 0.259. The number of hydrogen-bond donors (Lipinski definition) is 2. The van der Waals surface area contributed by atoms with Crippen molar-refractivity contribution in [2.75, 3.05) is 0 Å². The number of fused-ring (bicyclic) bond motifs is 1. The standard InChI is InChI=1S/C28H24N2O3S/c1-2-15-30-18-29-17-21(30)8-3-19-4-12-24(13-5-19)33-27-25-14-11-23(32)16-26(25)34-28(27)20-6-9-22(31)10-7-20/h3-14,16-18,31-32H,2,15H2,1H3. The molecule has 2 N–H and O–H groups in total. The van der Waals surface area contributed by atoms with E-state index < -0.39 is 0 Å². The summed E-state index contributed by atoms with van der Waals surface area (Å²) in [6.07, 6.45) is 8.93. The van der Waals surface area contributed by atoms with Crippen LogP contribution in [0.1, 0.15) is 24.6 Å². The smallest absolute Gasteiger partial charge is 0.153 e. The van der Waals surface area contributed by atoms with Gasteiger partial charge in [0.2, 0.25) is 0 Å². The van der Waals surface area contributed by atoms with E-state index in [9.17, 15) is 10.2 Å². The van der Waals surface area contributed by atoms with Crippen LogP contribution in [0.15, 0.2) is 79.3 Å². The summed E-state index contributed by atoms with van der Waals surface area (Å²) in [5, 5.41) is 20.6. The van der Waals surface area contributed by atoms with Crippen molar-refractivity contribution in [3.8, 4) is 33.4 Å². The van der Waals surface area contributed by atoms with Crippen molar-refractivity contribution in [3.63, 3.8) is 0 Å². The van der Waals surface area contributed by atoms with Gasteiger partial charge in [-0.2, -0.15) is 0 Å². The second kappa shape index (κ2) is 9.45. The molecule has 5 rings (SSSR count). The third-order valence-corrected chi connectivity index (χ3v) is 6.70. The topological polar surface area (TPSA) is 67.5 Å². The first-order valence-corrected chi connectivity index (χ1v) is 11.9. The van der Waals surface area contributed by atoms with E-state index in [0.717, 1.165) is 56.2 Å². The van der Waals surface area contributed by atoms with Crippen molar-refractivity contribution < 1.29 is 14.9 Å². The Labute approximate surface area is 201 Å². The molecule has 0 unspecified atom stereocenters. The van der Waals surface area contributed by atoms with Gasteiger partial charge >= 0.3 is 0 Å². The Morgan fingerprint density at radius 1 is 0.941 bits per heavy atom. The lowest BCUT2D eigenvalue weighted by atomic mass is 10.1. The number of nitrogens with zero attached hydrogens (tertiary/aromatic N) is 2. The summed E-state index contributed by atoms with van der Waals surface area (Å²) in [6.45, 7) is 3.10. The highest BCUT2D eigenvalue weighted by Crippen LogP contribution is 2.47. The summed E-state index contributed by atoms with van der Waals surface area (Å²) in [4.78, 5) is 5.18. The Hall–Kier alpha value is -4.03. The number of aromatic hydroxyl groups is 2. The van der Waals surface area contributed by atoms with Gasteiger partial charge in [-0.1, -0.05) is 25.1 Å². The van der Waals surface area contributed by atoms with E-state index >= 15 is 0 Å². The van der Waals surface area contributed by atoms with Crippen molar-refractivity contribution in [2.24, 2.45) is 0 Å². The first-order valence-electron chi connectivity index (χ1n) is 11.1. The first-order chi connectivity index (χ1) is 16.6. The molecule has 0 aliphatic carbocycles. The van der Waals surface area contributed by atoms with Gasteiger partial charge < -0.3 is 19.5 Å². The minimum Gasteiger partial charge on any atom is -0.508 e. The van der Waals surface area contributed by atoms with E-state index in [1.807, 2.05) is 55.0 Å². The van der Waals surface area contributed by atoms with Gasteiger partial charge in [-0.15, -0.1) is 11.3 Å². The Morgan fingerprint density at radius 2 is 1.71 bits per heavy atom. The number of phenols is 2. The summed E-state index contributed by atoms with van der Waals surface area (Å²) in [7, 11) is 0. The zero-order valence-corrected chi connectivity index (χ0v) is 19.5. The van der Waals surface area contributed by atoms with Crippen LogP contribution in [0.2, 0.25) is 0 Å². The Morgan fingerprint density at radius 3 is 2.47 bits per heavy atom. The highest BCUT2D eigenvalue weighted by molar-refractivity contribution is 7.22. The van der Waals surface area contributed by atoms with Gasteiger partial charge in [0.05, 0.1) is 23.1 Å². The molecule has 0 radical (unpaired) electrons. The molecule has 6 heteroatoms. The van der Waals surface area contributed by atoms with Crippen molar-refractivity contribution >= 4 is 33.6 Å². The van der Waals surface area contributed by atoms with Gasteiger partial charge in [-0.3, -0.25) is 0 Å². The van der Waals surface area contributed by atoms with Crippen molar-refractivity contribution in [1.29, 1.82) is 0 Å². The third kappa shape index (κ3) is 4.54. The van der Waals surface area contributed by atoms with Crippen LogP contribution in [-0.4, -0.2) is 19.8 Å². The van der Waals surface area contributed by atoms with Crippen LogP contribution in [0, 0.1) is 0 Å². The molecule has 0 amide bonds. The van der Waals surface area contributed by atoms with E-state index in [2.05, 4.69) is 28.6 Å². The monoisotopic (exact) mass is 468 g/mol. The molecule has 0 spiro atoms. The molecule has 5 nitrogen and oxygen atoms in total. The average Bonchev–Trinajstić information content (AvgIpc) is 3.43. The first kappa shape index (κ1) is 21.8. The van der Waals surface area contributed by atoms with Gasteiger partial charge in [0, 0.05) is 16.6 Å². The van der Waals surface area contributed by atoms with Crippen LogP contribution < -0.4 is 4.74 Å². The van der Waals surface area contributed by atoms with Gasteiger partial charge in [0.1, 0.15) is 17.2 Å². The van der Waals surface area contributed by atoms with Crippen LogP contribution in [0.4, 0.5) is 0 Å². The van der Waals surface area contributed by atoms with Crippen LogP contribution in [0.5, 0.6) is 23.0 Å². The Kier molecular flexibility index (Phi) is 6.06. The van der Waals surface area contributed by atoms with E-state index in [1.165, 1.54) is 0 Å². The molecule has 170 valence electrons. The second-order valence-electron chi connectivity index (χ2n) is 8.00. The zero-order chi connectivity index (χ0) is 23.5. The predicted molar refractivity (Wildman–Crippen MR) is 139 cm³/mol. The van der Waals surface area contributed by atoms with E-state index in [0.29, 0.717) is 0 Å². The number of benzene rings is 3. The number of aromatic nitrogens is 2. The molecule has 2 heterocycles. The number of rotatable bonds is 7. The van der Waals surface area contributed by atoms with Gasteiger partial charge in [-0.25, -0.2) is 4.98 Å².